The fourth-order valence-corrected chi connectivity index (χ4v) is 2.90. The van der Waals surface area contributed by atoms with E-state index in [4.69, 9.17) is 0 Å². The van der Waals surface area contributed by atoms with Gasteiger partial charge in [-0.2, -0.15) is 5.10 Å². The maximum atomic E-state index is 14.3. The molecule has 0 saturated heterocycles. The topological polar surface area (TPSA) is 34.0 Å². The van der Waals surface area contributed by atoms with Crippen LogP contribution in [0.2, 0.25) is 0 Å². The number of halogens is 1. The molecule has 0 N–H and O–H groups in total. The Bertz CT molecular complexity index is 773. The molecule has 0 unspecified atom stereocenters. The molecule has 0 bridgehead atoms. The second-order valence-electron chi connectivity index (χ2n) is 5.53. The molecule has 1 aliphatic heterocycles. The molecule has 0 radical (unpaired) electrons. The zero-order chi connectivity index (χ0) is 14.9. The predicted octanol–water partition coefficient (Wildman–Crippen LogP) is 2.92. The predicted molar refractivity (Wildman–Crippen MR) is 80.7 cm³/mol. The molecule has 2 heterocycles. The van der Waals surface area contributed by atoms with Crippen molar-refractivity contribution in [3.8, 4) is 5.69 Å². The second-order valence-corrected chi connectivity index (χ2v) is 5.53. The van der Waals surface area contributed by atoms with E-state index < -0.39 is 0 Å². The van der Waals surface area contributed by atoms with E-state index in [0.717, 1.165) is 13.1 Å². The SMILES string of the molecule is Fc1cc(-n2cncn2)ccc1CN1Cc2ccccc2C1. The van der Waals surface area contributed by atoms with Gasteiger partial charge in [0, 0.05) is 25.2 Å². The molecule has 3 aromatic rings. The standard InChI is InChI=1S/C17H15FN4/c18-17-7-16(22-12-19-11-20-22)6-5-15(17)10-21-8-13-3-1-2-4-14(13)9-21/h1-7,11-12H,8-10H2. The summed E-state index contributed by atoms with van der Waals surface area (Å²) in [6.07, 6.45) is 3.00. The largest absolute Gasteiger partial charge is 0.290 e. The van der Waals surface area contributed by atoms with E-state index in [-0.39, 0.29) is 5.82 Å². The summed E-state index contributed by atoms with van der Waals surface area (Å²) in [7, 11) is 0. The van der Waals surface area contributed by atoms with Gasteiger partial charge in [-0.1, -0.05) is 30.3 Å². The van der Waals surface area contributed by atoms with Crippen molar-refractivity contribution in [3.05, 3.63) is 77.6 Å². The lowest BCUT2D eigenvalue weighted by molar-refractivity contribution is 0.271. The average molecular weight is 294 g/mol. The van der Waals surface area contributed by atoms with Crippen molar-refractivity contribution in [1.29, 1.82) is 0 Å². The molecular formula is C17H15FN4. The number of nitrogens with zero attached hydrogens (tertiary/aromatic N) is 4. The van der Waals surface area contributed by atoms with Gasteiger partial charge in [-0.05, 0) is 23.3 Å². The first-order valence-electron chi connectivity index (χ1n) is 7.22. The first-order chi connectivity index (χ1) is 10.8. The molecule has 0 aliphatic carbocycles. The van der Waals surface area contributed by atoms with Crippen LogP contribution in [0.5, 0.6) is 0 Å². The molecule has 1 aliphatic rings. The number of benzene rings is 2. The Morgan fingerprint density at radius 1 is 1.05 bits per heavy atom. The molecular weight excluding hydrogens is 279 g/mol. The lowest BCUT2D eigenvalue weighted by Gasteiger charge is -2.15. The van der Waals surface area contributed by atoms with E-state index in [2.05, 4.69) is 39.2 Å². The molecule has 0 saturated carbocycles. The van der Waals surface area contributed by atoms with Crippen molar-refractivity contribution in [2.45, 2.75) is 19.6 Å². The Kier molecular flexibility index (Phi) is 3.20. The Morgan fingerprint density at radius 3 is 2.45 bits per heavy atom. The molecule has 4 rings (SSSR count). The van der Waals surface area contributed by atoms with E-state index in [1.807, 2.05) is 12.1 Å². The van der Waals surface area contributed by atoms with Crippen LogP contribution < -0.4 is 0 Å². The third-order valence-electron chi connectivity index (χ3n) is 4.02. The van der Waals surface area contributed by atoms with Gasteiger partial charge in [0.25, 0.3) is 0 Å². The Labute approximate surface area is 127 Å². The smallest absolute Gasteiger partial charge is 0.138 e. The Morgan fingerprint density at radius 2 is 1.82 bits per heavy atom. The highest BCUT2D eigenvalue weighted by Crippen LogP contribution is 2.25. The van der Waals surface area contributed by atoms with Gasteiger partial charge in [-0.15, -0.1) is 0 Å². The number of aromatic nitrogens is 3. The summed E-state index contributed by atoms with van der Waals surface area (Å²) in [6, 6.07) is 13.6. The summed E-state index contributed by atoms with van der Waals surface area (Å²) in [5, 5.41) is 4.02. The van der Waals surface area contributed by atoms with Gasteiger partial charge in [-0.25, -0.2) is 14.1 Å². The summed E-state index contributed by atoms with van der Waals surface area (Å²) < 4.78 is 15.9. The van der Waals surface area contributed by atoms with Gasteiger partial charge in [0.1, 0.15) is 18.5 Å². The van der Waals surface area contributed by atoms with Gasteiger partial charge in [0.15, 0.2) is 0 Å². The van der Waals surface area contributed by atoms with E-state index in [9.17, 15) is 4.39 Å². The minimum Gasteiger partial charge on any atom is -0.290 e. The third-order valence-corrected chi connectivity index (χ3v) is 4.02. The Balaban J connectivity index is 1.53. The van der Waals surface area contributed by atoms with E-state index in [0.29, 0.717) is 17.8 Å². The van der Waals surface area contributed by atoms with Crippen molar-refractivity contribution in [2.75, 3.05) is 0 Å². The zero-order valence-corrected chi connectivity index (χ0v) is 12.0. The minimum atomic E-state index is -0.205. The van der Waals surface area contributed by atoms with Crippen molar-refractivity contribution < 1.29 is 4.39 Å². The summed E-state index contributed by atoms with van der Waals surface area (Å²) in [4.78, 5) is 6.13. The molecule has 110 valence electrons. The van der Waals surface area contributed by atoms with Crippen LogP contribution in [-0.2, 0) is 19.6 Å². The molecule has 0 spiro atoms. The number of fused-ring (bicyclic) bond motifs is 1. The zero-order valence-electron chi connectivity index (χ0n) is 12.0. The van der Waals surface area contributed by atoms with Crippen molar-refractivity contribution in [2.24, 2.45) is 0 Å². The highest BCUT2D eigenvalue weighted by molar-refractivity contribution is 5.35. The summed E-state index contributed by atoms with van der Waals surface area (Å²) in [5.74, 6) is -0.205. The first-order valence-corrected chi connectivity index (χ1v) is 7.22. The van der Waals surface area contributed by atoms with Crippen LogP contribution in [0.1, 0.15) is 16.7 Å². The molecule has 0 atom stereocenters. The van der Waals surface area contributed by atoms with Gasteiger partial charge in [0.2, 0.25) is 0 Å². The summed E-state index contributed by atoms with van der Waals surface area (Å²) >= 11 is 0. The van der Waals surface area contributed by atoms with Crippen LogP contribution in [0.25, 0.3) is 5.69 Å². The van der Waals surface area contributed by atoms with Crippen LogP contribution in [0.15, 0.2) is 55.1 Å². The van der Waals surface area contributed by atoms with E-state index in [1.165, 1.54) is 23.5 Å². The normalized spacial score (nSPS) is 14.2. The fourth-order valence-electron chi connectivity index (χ4n) is 2.90. The second kappa shape index (κ2) is 5.35. The van der Waals surface area contributed by atoms with Crippen LogP contribution in [-0.4, -0.2) is 19.7 Å². The molecule has 2 aromatic carbocycles. The van der Waals surface area contributed by atoms with Crippen LogP contribution >= 0.6 is 0 Å². The quantitative estimate of drug-likeness (QED) is 0.745. The summed E-state index contributed by atoms with van der Waals surface area (Å²) in [6.45, 7) is 2.36. The minimum absolute atomic E-state index is 0.205. The lowest BCUT2D eigenvalue weighted by atomic mass is 10.1. The molecule has 0 amide bonds. The molecule has 0 fully saturated rings. The van der Waals surface area contributed by atoms with Crippen LogP contribution in [0.3, 0.4) is 0 Å². The monoisotopic (exact) mass is 294 g/mol. The highest BCUT2D eigenvalue weighted by atomic mass is 19.1. The maximum absolute atomic E-state index is 14.3. The lowest BCUT2D eigenvalue weighted by Crippen LogP contribution is -2.16. The molecule has 1 aromatic heterocycles. The van der Waals surface area contributed by atoms with Crippen LogP contribution in [0, 0.1) is 5.82 Å². The fraction of sp³-hybridized carbons (Fsp3) is 0.176. The van der Waals surface area contributed by atoms with Crippen molar-refractivity contribution in [3.63, 3.8) is 0 Å². The molecule has 4 nitrogen and oxygen atoms in total. The number of hydrogen-bond donors (Lipinski definition) is 0. The number of rotatable bonds is 3. The highest BCUT2D eigenvalue weighted by Gasteiger charge is 2.19. The maximum Gasteiger partial charge on any atom is 0.138 e. The van der Waals surface area contributed by atoms with Crippen molar-refractivity contribution >= 4 is 0 Å². The Hall–Kier alpha value is -2.53. The van der Waals surface area contributed by atoms with Gasteiger partial charge >= 0.3 is 0 Å². The molecule has 22 heavy (non-hydrogen) atoms. The van der Waals surface area contributed by atoms with E-state index >= 15 is 0 Å². The number of hydrogen-bond acceptors (Lipinski definition) is 3. The van der Waals surface area contributed by atoms with Gasteiger partial charge in [-0.3, -0.25) is 4.90 Å². The van der Waals surface area contributed by atoms with Gasteiger partial charge < -0.3 is 0 Å². The average Bonchev–Trinajstić information content (AvgIpc) is 3.17. The first kappa shape index (κ1) is 13.2. The van der Waals surface area contributed by atoms with E-state index in [1.54, 1.807) is 11.0 Å². The van der Waals surface area contributed by atoms with Gasteiger partial charge in [0.05, 0.1) is 5.69 Å². The summed E-state index contributed by atoms with van der Waals surface area (Å²) in [5.41, 5.74) is 4.06. The third kappa shape index (κ3) is 2.40. The van der Waals surface area contributed by atoms with Crippen LogP contribution in [0.4, 0.5) is 4.39 Å². The van der Waals surface area contributed by atoms with Crippen molar-refractivity contribution in [1.82, 2.24) is 19.7 Å². The molecule has 5 heteroatoms.